The Hall–Kier alpha value is -1.52. The summed E-state index contributed by atoms with van der Waals surface area (Å²) in [7, 11) is 0. The Labute approximate surface area is 130 Å². The number of aromatic nitrogens is 1. The van der Waals surface area contributed by atoms with E-state index in [1.807, 2.05) is 52.1 Å². The van der Waals surface area contributed by atoms with E-state index in [-0.39, 0.29) is 17.5 Å². The fourth-order valence-corrected chi connectivity index (χ4v) is 2.31. The summed E-state index contributed by atoms with van der Waals surface area (Å²) in [5.74, 6) is 0.00499. The Morgan fingerprint density at radius 3 is 2.76 bits per heavy atom. The fraction of sp³-hybridized carbons (Fsp3) is 0.438. The molecule has 1 unspecified atom stereocenters. The van der Waals surface area contributed by atoms with Crippen molar-refractivity contribution in [1.29, 1.82) is 0 Å². The van der Waals surface area contributed by atoms with E-state index in [1.54, 1.807) is 0 Å². The maximum Gasteiger partial charge on any atom is 0.237 e. The molecule has 1 aromatic heterocycles. The van der Waals surface area contributed by atoms with E-state index in [9.17, 15) is 4.79 Å². The maximum absolute atomic E-state index is 12.0. The molecule has 2 rings (SSSR count). The Morgan fingerprint density at radius 2 is 2.10 bits per heavy atom. The molecule has 0 radical (unpaired) electrons. The van der Waals surface area contributed by atoms with Gasteiger partial charge in [0.15, 0.2) is 0 Å². The number of H-pyrrole nitrogens is 1. The molecule has 2 aromatic rings. The molecular weight excluding hydrogens is 286 g/mol. The van der Waals surface area contributed by atoms with E-state index in [2.05, 4.69) is 15.6 Å². The van der Waals surface area contributed by atoms with E-state index in [0.717, 1.165) is 16.5 Å². The third kappa shape index (κ3) is 4.22. The van der Waals surface area contributed by atoms with Crippen LogP contribution in [-0.2, 0) is 11.3 Å². The molecule has 0 saturated carbocycles. The van der Waals surface area contributed by atoms with Crippen molar-refractivity contribution in [3.63, 3.8) is 0 Å². The van der Waals surface area contributed by atoms with Gasteiger partial charge in [-0.1, -0.05) is 17.7 Å². The fourth-order valence-electron chi connectivity index (χ4n) is 2.14. The number of benzene rings is 1. The zero-order valence-corrected chi connectivity index (χ0v) is 13.6. The van der Waals surface area contributed by atoms with Crippen molar-refractivity contribution in [3.05, 3.63) is 35.0 Å². The monoisotopic (exact) mass is 307 g/mol. The minimum atomic E-state index is -0.249. The Bertz CT molecular complexity index is 642. The molecule has 1 heterocycles. The molecule has 3 N–H and O–H groups in total. The molecule has 4 nitrogen and oxygen atoms in total. The van der Waals surface area contributed by atoms with Crippen LogP contribution in [0, 0.1) is 0 Å². The summed E-state index contributed by atoms with van der Waals surface area (Å²) in [6, 6.07) is 5.51. The van der Waals surface area contributed by atoms with Gasteiger partial charge in [-0.05, 0) is 45.4 Å². The first kappa shape index (κ1) is 15.9. The first-order valence-electron chi connectivity index (χ1n) is 7.07. The molecule has 1 amide bonds. The lowest BCUT2D eigenvalue weighted by molar-refractivity contribution is -0.124. The third-order valence-corrected chi connectivity index (χ3v) is 3.45. The van der Waals surface area contributed by atoms with Crippen LogP contribution in [0.4, 0.5) is 0 Å². The normalized spacial score (nSPS) is 13.4. The van der Waals surface area contributed by atoms with Gasteiger partial charge in [0, 0.05) is 34.2 Å². The van der Waals surface area contributed by atoms with Gasteiger partial charge in [0.2, 0.25) is 5.91 Å². The molecule has 1 aromatic carbocycles. The standard InChI is InChI=1S/C16H22ClN3O/c1-10(15(21)20-16(2,3)4)18-8-11-9-19-14-7-12(17)5-6-13(11)14/h5-7,9-10,18-19H,8H2,1-4H3,(H,20,21). The van der Waals surface area contributed by atoms with Crippen molar-refractivity contribution in [2.45, 2.75) is 45.8 Å². The molecule has 5 heteroatoms. The molecule has 0 bridgehead atoms. The van der Waals surface area contributed by atoms with Gasteiger partial charge in [0.25, 0.3) is 0 Å². The summed E-state index contributed by atoms with van der Waals surface area (Å²) in [6.45, 7) is 8.41. The minimum Gasteiger partial charge on any atom is -0.361 e. The van der Waals surface area contributed by atoms with E-state index in [0.29, 0.717) is 11.6 Å². The molecule has 21 heavy (non-hydrogen) atoms. The number of carbonyl (C=O) groups excluding carboxylic acids is 1. The molecule has 0 aliphatic heterocycles. The highest BCUT2D eigenvalue weighted by Gasteiger charge is 2.19. The smallest absolute Gasteiger partial charge is 0.237 e. The van der Waals surface area contributed by atoms with Gasteiger partial charge in [-0.3, -0.25) is 4.79 Å². The second-order valence-corrected chi connectivity index (χ2v) is 6.78. The first-order chi connectivity index (χ1) is 9.76. The number of carbonyl (C=O) groups is 1. The first-order valence-corrected chi connectivity index (χ1v) is 7.45. The summed E-state index contributed by atoms with van der Waals surface area (Å²) in [6.07, 6.45) is 1.95. The van der Waals surface area contributed by atoms with Crippen molar-refractivity contribution in [2.24, 2.45) is 0 Å². The lowest BCUT2D eigenvalue weighted by atomic mass is 10.1. The highest BCUT2D eigenvalue weighted by atomic mass is 35.5. The van der Waals surface area contributed by atoms with Gasteiger partial charge >= 0.3 is 0 Å². The highest BCUT2D eigenvalue weighted by molar-refractivity contribution is 6.31. The van der Waals surface area contributed by atoms with Crippen molar-refractivity contribution in [3.8, 4) is 0 Å². The SMILES string of the molecule is CC(NCc1c[nH]c2cc(Cl)ccc12)C(=O)NC(C)(C)C. The number of nitrogens with one attached hydrogen (secondary N) is 3. The average Bonchev–Trinajstić information content (AvgIpc) is 2.76. The van der Waals surface area contributed by atoms with Crippen LogP contribution in [0.1, 0.15) is 33.3 Å². The molecule has 0 saturated heterocycles. The molecule has 0 fully saturated rings. The number of aromatic amines is 1. The molecule has 0 aliphatic carbocycles. The number of halogens is 1. The summed E-state index contributed by atoms with van der Waals surface area (Å²) in [5, 5.41) is 8.05. The maximum atomic E-state index is 12.0. The molecule has 114 valence electrons. The van der Waals surface area contributed by atoms with E-state index in [1.165, 1.54) is 0 Å². The molecule has 0 spiro atoms. The summed E-state index contributed by atoms with van der Waals surface area (Å²) >= 11 is 5.97. The van der Waals surface area contributed by atoms with Gasteiger partial charge in [0.1, 0.15) is 0 Å². The van der Waals surface area contributed by atoms with Gasteiger partial charge < -0.3 is 15.6 Å². The van der Waals surface area contributed by atoms with E-state index in [4.69, 9.17) is 11.6 Å². The van der Waals surface area contributed by atoms with Crippen LogP contribution in [0.25, 0.3) is 10.9 Å². The summed E-state index contributed by atoms with van der Waals surface area (Å²) in [4.78, 5) is 15.2. The van der Waals surface area contributed by atoms with Gasteiger partial charge in [0.05, 0.1) is 6.04 Å². The minimum absolute atomic E-state index is 0.00499. The molecule has 1 atom stereocenters. The number of hydrogen-bond donors (Lipinski definition) is 3. The number of hydrogen-bond acceptors (Lipinski definition) is 2. The number of rotatable bonds is 4. The van der Waals surface area contributed by atoms with Gasteiger partial charge in [-0.15, -0.1) is 0 Å². The van der Waals surface area contributed by atoms with Crippen LogP contribution < -0.4 is 10.6 Å². The Balaban J connectivity index is 2.00. The van der Waals surface area contributed by atoms with Crippen LogP contribution in [0.2, 0.25) is 5.02 Å². The summed E-state index contributed by atoms with van der Waals surface area (Å²) in [5.41, 5.74) is 1.91. The van der Waals surface area contributed by atoms with Crippen molar-refractivity contribution >= 4 is 28.4 Å². The van der Waals surface area contributed by atoms with Gasteiger partial charge in [-0.2, -0.15) is 0 Å². The number of amides is 1. The predicted molar refractivity (Wildman–Crippen MR) is 87.5 cm³/mol. The number of fused-ring (bicyclic) bond motifs is 1. The molecule has 0 aliphatic rings. The summed E-state index contributed by atoms with van der Waals surface area (Å²) < 4.78 is 0. The average molecular weight is 308 g/mol. The van der Waals surface area contributed by atoms with E-state index < -0.39 is 0 Å². The third-order valence-electron chi connectivity index (χ3n) is 3.22. The van der Waals surface area contributed by atoms with Gasteiger partial charge in [-0.25, -0.2) is 0 Å². The van der Waals surface area contributed by atoms with Crippen molar-refractivity contribution in [2.75, 3.05) is 0 Å². The van der Waals surface area contributed by atoms with Crippen LogP contribution >= 0.6 is 11.6 Å². The van der Waals surface area contributed by atoms with Crippen LogP contribution in [0.15, 0.2) is 24.4 Å². The van der Waals surface area contributed by atoms with E-state index >= 15 is 0 Å². The lowest BCUT2D eigenvalue weighted by Gasteiger charge is -2.23. The highest BCUT2D eigenvalue weighted by Crippen LogP contribution is 2.21. The van der Waals surface area contributed by atoms with Crippen LogP contribution in [0.3, 0.4) is 0 Å². The Kier molecular flexibility index (Phi) is 4.59. The zero-order chi connectivity index (χ0) is 15.6. The van der Waals surface area contributed by atoms with Crippen LogP contribution in [-0.4, -0.2) is 22.5 Å². The largest absolute Gasteiger partial charge is 0.361 e. The lowest BCUT2D eigenvalue weighted by Crippen LogP contribution is -2.49. The van der Waals surface area contributed by atoms with Crippen LogP contribution in [0.5, 0.6) is 0 Å². The zero-order valence-electron chi connectivity index (χ0n) is 12.9. The predicted octanol–water partition coefficient (Wildman–Crippen LogP) is 3.21. The quantitative estimate of drug-likeness (QED) is 0.812. The topological polar surface area (TPSA) is 56.9 Å². The Morgan fingerprint density at radius 1 is 1.38 bits per heavy atom. The van der Waals surface area contributed by atoms with Crippen molar-refractivity contribution in [1.82, 2.24) is 15.6 Å². The van der Waals surface area contributed by atoms with Crippen molar-refractivity contribution < 1.29 is 4.79 Å². The second-order valence-electron chi connectivity index (χ2n) is 6.35. The second kappa shape index (κ2) is 6.08. The molecular formula is C16H22ClN3O.